The highest BCUT2D eigenvalue weighted by atomic mass is 32.2. The van der Waals surface area contributed by atoms with E-state index in [0.717, 1.165) is 11.1 Å². The van der Waals surface area contributed by atoms with Gasteiger partial charge in [-0.1, -0.05) is 48.0 Å². The molecule has 0 saturated heterocycles. The molecule has 0 saturated carbocycles. The van der Waals surface area contributed by atoms with E-state index >= 15 is 0 Å². The molecule has 0 fully saturated rings. The molecule has 0 bridgehead atoms. The molecule has 100 valence electrons. The van der Waals surface area contributed by atoms with E-state index in [-0.39, 0.29) is 10.9 Å². The van der Waals surface area contributed by atoms with E-state index in [4.69, 9.17) is 0 Å². The van der Waals surface area contributed by atoms with Gasteiger partial charge < -0.3 is 0 Å². The third-order valence-electron chi connectivity index (χ3n) is 2.93. The lowest BCUT2D eigenvalue weighted by Crippen LogP contribution is -2.26. The lowest BCUT2D eigenvalue weighted by Gasteiger charge is -2.15. The Morgan fingerprint density at radius 1 is 1.00 bits per heavy atom. The number of sulfonamides is 1. The van der Waals surface area contributed by atoms with E-state index in [9.17, 15) is 8.42 Å². The molecular weight excluding hydrogens is 258 g/mol. The number of aryl methyl sites for hydroxylation is 1. The Bertz CT molecular complexity index is 651. The van der Waals surface area contributed by atoms with Crippen LogP contribution in [-0.2, 0) is 10.0 Å². The molecule has 4 heteroatoms. The maximum absolute atomic E-state index is 12.2. The molecule has 2 aromatic rings. The van der Waals surface area contributed by atoms with Crippen molar-refractivity contribution >= 4 is 10.0 Å². The summed E-state index contributed by atoms with van der Waals surface area (Å²) in [5, 5.41) is 0. The molecule has 19 heavy (non-hydrogen) atoms. The molecule has 1 N–H and O–H groups in total. The summed E-state index contributed by atoms with van der Waals surface area (Å²) in [5.74, 6) is 0. The number of hydrogen-bond acceptors (Lipinski definition) is 2. The van der Waals surface area contributed by atoms with E-state index in [1.165, 1.54) is 0 Å². The summed E-state index contributed by atoms with van der Waals surface area (Å²) in [5.41, 5.74) is 2.07. The van der Waals surface area contributed by atoms with Crippen LogP contribution in [0.25, 0.3) is 0 Å². The molecule has 3 nitrogen and oxygen atoms in total. The highest BCUT2D eigenvalue weighted by Crippen LogP contribution is 2.17. The SMILES string of the molecule is Cc1cccc([C@H](C)NS(=O)(=O)c2ccccc2)c1. The number of benzene rings is 2. The average Bonchev–Trinajstić information content (AvgIpc) is 2.39. The predicted molar refractivity (Wildman–Crippen MR) is 76.4 cm³/mol. The summed E-state index contributed by atoms with van der Waals surface area (Å²) in [7, 11) is -3.47. The van der Waals surface area contributed by atoms with E-state index in [1.54, 1.807) is 30.3 Å². The van der Waals surface area contributed by atoms with Crippen molar-refractivity contribution in [2.75, 3.05) is 0 Å². The van der Waals surface area contributed by atoms with Crippen LogP contribution in [0.3, 0.4) is 0 Å². The first-order chi connectivity index (χ1) is 8.99. The molecule has 0 aliphatic carbocycles. The van der Waals surface area contributed by atoms with Crippen molar-refractivity contribution in [2.45, 2.75) is 24.8 Å². The van der Waals surface area contributed by atoms with Crippen LogP contribution in [0.15, 0.2) is 59.5 Å². The molecule has 2 aromatic carbocycles. The fraction of sp³-hybridized carbons (Fsp3) is 0.200. The van der Waals surface area contributed by atoms with Gasteiger partial charge in [0.1, 0.15) is 0 Å². The van der Waals surface area contributed by atoms with Gasteiger partial charge in [-0.25, -0.2) is 13.1 Å². The van der Waals surface area contributed by atoms with Crippen LogP contribution in [0, 0.1) is 6.92 Å². The van der Waals surface area contributed by atoms with Crippen LogP contribution in [0.5, 0.6) is 0 Å². The van der Waals surface area contributed by atoms with Gasteiger partial charge in [0, 0.05) is 6.04 Å². The lowest BCUT2D eigenvalue weighted by atomic mass is 10.1. The van der Waals surface area contributed by atoms with Crippen molar-refractivity contribution in [1.82, 2.24) is 4.72 Å². The van der Waals surface area contributed by atoms with Crippen molar-refractivity contribution in [1.29, 1.82) is 0 Å². The molecule has 0 aromatic heterocycles. The topological polar surface area (TPSA) is 46.2 Å². The molecule has 0 amide bonds. The highest BCUT2D eigenvalue weighted by molar-refractivity contribution is 7.89. The Morgan fingerprint density at radius 2 is 1.68 bits per heavy atom. The molecule has 0 heterocycles. The summed E-state index contributed by atoms with van der Waals surface area (Å²) < 4.78 is 27.1. The van der Waals surface area contributed by atoms with Gasteiger partial charge in [-0.3, -0.25) is 0 Å². The third-order valence-corrected chi connectivity index (χ3v) is 4.48. The molecule has 1 atom stereocenters. The van der Waals surface area contributed by atoms with Gasteiger partial charge in [-0.15, -0.1) is 0 Å². The molecule has 0 aliphatic heterocycles. The number of rotatable bonds is 4. The quantitative estimate of drug-likeness (QED) is 0.932. The molecule has 0 spiro atoms. The summed E-state index contributed by atoms with van der Waals surface area (Å²) in [6.07, 6.45) is 0. The average molecular weight is 275 g/mol. The van der Waals surface area contributed by atoms with Gasteiger partial charge in [0.25, 0.3) is 0 Å². The van der Waals surface area contributed by atoms with Crippen molar-refractivity contribution in [3.05, 3.63) is 65.7 Å². The number of hydrogen-bond donors (Lipinski definition) is 1. The minimum atomic E-state index is -3.47. The van der Waals surface area contributed by atoms with E-state index < -0.39 is 10.0 Å². The molecule has 0 aliphatic rings. The summed E-state index contributed by atoms with van der Waals surface area (Å²) in [6, 6.07) is 16.0. The van der Waals surface area contributed by atoms with E-state index in [1.807, 2.05) is 38.1 Å². The molecule has 0 radical (unpaired) electrons. The first-order valence-corrected chi connectivity index (χ1v) is 7.61. The zero-order valence-corrected chi connectivity index (χ0v) is 11.8. The van der Waals surface area contributed by atoms with Crippen LogP contribution < -0.4 is 4.72 Å². The zero-order chi connectivity index (χ0) is 13.9. The standard InChI is InChI=1S/C15H17NO2S/c1-12-7-6-8-14(11-12)13(2)16-19(17,18)15-9-4-3-5-10-15/h3-11,13,16H,1-2H3/t13-/m0/s1. The summed E-state index contributed by atoms with van der Waals surface area (Å²) in [6.45, 7) is 3.83. The lowest BCUT2D eigenvalue weighted by molar-refractivity contribution is 0.567. The second-order valence-corrected chi connectivity index (χ2v) is 6.28. The highest BCUT2D eigenvalue weighted by Gasteiger charge is 2.17. The predicted octanol–water partition coefficient (Wildman–Crippen LogP) is 3.03. The van der Waals surface area contributed by atoms with Gasteiger partial charge >= 0.3 is 0 Å². The monoisotopic (exact) mass is 275 g/mol. The smallest absolute Gasteiger partial charge is 0.207 e. The Morgan fingerprint density at radius 3 is 2.32 bits per heavy atom. The molecule has 0 unspecified atom stereocenters. The maximum atomic E-state index is 12.2. The third kappa shape index (κ3) is 3.43. The Hall–Kier alpha value is -1.65. The first-order valence-electron chi connectivity index (χ1n) is 6.13. The van der Waals surface area contributed by atoms with Crippen molar-refractivity contribution in [2.24, 2.45) is 0 Å². The molecular formula is C15H17NO2S. The maximum Gasteiger partial charge on any atom is 0.241 e. The van der Waals surface area contributed by atoms with Crippen molar-refractivity contribution in [3.8, 4) is 0 Å². The summed E-state index contributed by atoms with van der Waals surface area (Å²) >= 11 is 0. The fourth-order valence-corrected chi connectivity index (χ4v) is 3.16. The van der Waals surface area contributed by atoms with Crippen LogP contribution in [0.2, 0.25) is 0 Å². The minimum absolute atomic E-state index is 0.259. The van der Waals surface area contributed by atoms with Crippen LogP contribution >= 0.6 is 0 Å². The Labute approximate surface area is 114 Å². The Kier molecular flexibility index (Phi) is 4.02. The van der Waals surface area contributed by atoms with Crippen LogP contribution in [-0.4, -0.2) is 8.42 Å². The van der Waals surface area contributed by atoms with Crippen molar-refractivity contribution < 1.29 is 8.42 Å². The van der Waals surface area contributed by atoms with Crippen LogP contribution in [0.1, 0.15) is 24.1 Å². The number of nitrogens with one attached hydrogen (secondary N) is 1. The van der Waals surface area contributed by atoms with E-state index in [0.29, 0.717) is 0 Å². The van der Waals surface area contributed by atoms with Crippen molar-refractivity contribution in [3.63, 3.8) is 0 Å². The zero-order valence-electron chi connectivity index (χ0n) is 11.0. The fourth-order valence-electron chi connectivity index (χ4n) is 1.91. The largest absolute Gasteiger partial charge is 0.241 e. The minimum Gasteiger partial charge on any atom is -0.207 e. The first kappa shape index (κ1) is 13.8. The van der Waals surface area contributed by atoms with Gasteiger partial charge in [0.15, 0.2) is 0 Å². The second-order valence-electron chi connectivity index (χ2n) is 4.57. The Balaban J connectivity index is 2.22. The van der Waals surface area contributed by atoms with Crippen LogP contribution in [0.4, 0.5) is 0 Å². The summed E-state index contributed by atoms with van der Waals surface area (Å²) in [4.78, 5) is 0.287. The van der Waals surface area contributed by atoms with Gasteiger partial charge in [-0.05, 0) is 31.5 Å². The van der Waals surface area contributed by atoms with E-state index in [2.05, 4.69) is 4.72 Å². The molecule has 2 rings (SSSR count). The normalized spacial score (nSPS) is 13.2. The van der Waals surface area contributed by atoms with Gasteiger partial charge in [-0.2, -0.15) is 0 Å². The van der Waals surface area contributed by atoms with Gasteiger partial charge in [0.2, 0.25) is 10.0 Å². The second kappa shape index (κ2) is 5.55. The van der Waals surface area contributed by atoms with Gasteiger partial charge in [0.05, 0.1) is 4.90 Å².